The predicted molar refractivity (Wildman–Crippen MR) is 129 cm³/mol. The van der Waals surface area contributed by atoms with Crippen molar-refractivity contribution in [1.82, 2.24) is 20.5 Å². The van der Waals surface area contributed by atoms with Crippen molar-refractivity contribution in [3.05, 3.63) is 59.8 Å². The molecule has 32 heavy (non-hydrogen) atoms. The fraction of sp³-hybridized carbons (Fsp3) is 0.520. The van der Waals surface area contributed by atoms with Crippen LogP contribution in [0.15, 0.2) is 53.7 Å². The summed E-state index contributed by atoms with van der Waals surface area (Å²) in [4.78, 5) is 11.5. The summed E-state index contributed by atoms with van der Waals surface area (Å²) in [6.45, 7) is 13.1. The first kappa shape index (κ1) is 24.0. The van der Waals surface area contributed by atoms with Gasteiger partial charge in [0.05, 0.1) is 19.3 Å². The molecule has 1 aliphatic rings. The number of morpholine rings is 1. The summed E-state index contributed by atoms with van der Waals surface area (Å²) in [5.74, 6) is 2.07. The quantitative estimate of drug-likeness (QED) is 0.438. The second kappa shape index (κ2) is 13.0. The van der Waals surface area contributed by atoms with Crippen molar-refractivity contribution in [2.75, 3.05) is 39.3 Å². The van der Waals surface area contributed by atoms with Gasteiger partial charge in [0.2, 0.25) is 5.88 Å². The van der Waals surface area contributed by atoms with Crippen LogP contribution in [-0.4, -0.2) is 61.3 Å². The number of guanidine groups is 1. The van der Waals surface area contributed by atoms with Crippen molar-refractivity contribution in [1.29, 1.82) is 0 Å². The van der Waals surface area contributed by atoms with Gasteiger partial charge in [-0.2, -0.15) is 0 Å². The van der Waals surface area contributed by atoms with Crippen molar-refractivity contribution >= 4 is 5.96 Å². The lowest BCUT2D eigenvalue weighted by Gasteiger charge is -2.34. The number of nitrogens with zero attached hydrogens (tertiary/aromatic N) is 3. The summed E-state index contributed by atoms with van der Waals surface area (Å²) in [5.41, 5.74) is 2.17. The Morgan fingerprint density at radius 2 is 2.06 bits per heavy atom. The molecule has 3 rings (SSSR count). The number of pyridine rings is 1. The molecule has 2 aromatic rings. The zero-order valence-electron chi connectivity index (χ0n) is 19.6. The molecule has 1 saturated heterocycles. The molecule has 1 aromatic heterocycles. The third kappa shape index (κ3) is 8.48. The summed E-state index contributed by atoms with van der Waals surface area (Å²) in [6, 6.07) is 14.0. The van der Waals surface area contributed by atoms with Gasteiger partial charge in [-0.1, -0.05) is 44.2 Å². The molecule has 0 bridgehead atoms. The van der Waals surface area contributed by atoms with Crippen molar-refractivity contribution in [3.63, 3.8) is 0 Å². The predicted octanol–water partition coefficient (Wildman–Crippen LogP) is 3.07. The number of aliphatic imine (C=N–C) groups is 1. The van der Waals surface area contributed by atoms with Crippen molar-refractivity contribution in [3.8, 4) is 5.88 Å². The highest BCUT2D eigenvalue weighted by atomic mass is 16.5. The van der Waals surface area contributed by atoms with Gasteiger partial charge in [0.15, 0.2) is 5.96 Å². The normalized spacial score (nSPS) is 17.4. The standard InChI is InChI=1S/C25H37N5O2/c1-4-26-25(29-16-23-18-30(12-13-31-23)17-20(2)3)28-15-22-10-11-27-24(14-22)32-19-21-8-6-5-7-9-21/h5-11,14,20,23H,4,12-13,15-19H2,1-3H3,(H2,26,28,29). The van der Waals surface area contributed by atoms with Crippen LogP contribution in [0.2, 0.25) is 0 Å². The van der Waals surface area contributed by atoms with Gasteiger partial charge >= 0.3 is 0 Å². The minimum absolute atomic E-state index is 0.172. The van der Waals surface area contributed by atoms with Crippen LogP contribution in [0.1, 0.15) is 31.9 Å². The second-order valence-electron chi connectivity index (χ2n) is 8.50. The molecule has 0 aliphatic carbocycles. The van der Waals surface area contributed by atoms with Crippen molar-refractivity contribution < 1.29 is 9.47 Å². The molecule has 1 atom stereocenters. The maximum atomic E-state index is 5.95. The van der Waals surface area contributed by atoms with E-state index in [4.69, 9.17) is 14.5 Å². The van der Waals surface area contributed by atoms with Gasteiger partial charge in [-0.05, 0) is 30.0 Å². The van der Waals surface area contributed by atoms with E-state index in [1.807, 2.05) is 42.5 Å². The molecule has 1 aliphatic heterocycles. The van der Waals surface area contributed by atoms with E-state index in [1.54, 1.807) is 6.20 Å². The molecule has 0 amide bonds. The van der Waals surface area contributed by atoms with Crippen LogP contribution in [0.25, 0.3) is 0 Å². The van der Waals surface area contributed by atoms with E-state index in [2.05, 4.69) is 41.3 Å². The third-order valence-electron chi connectivity index (χ3n) is 5.14. The maximum Gasteiger partial charge on any atom is 0.213 e. The van der Waals surface area contributed by atoms with E-state index in [1.165, 1.54) is 0 Å². The number of rotatable bonds is 10. The number of aromatic nitrogens is 1. The molecule has 1 unspecified atom stereocenters. The van der Waals surface area contributed by atoms with Gasteiger partial charge in [-0.3, -0.25) is 4.90 Å². The molecule has 2 N–H and O–H groups in total. The van der Waals surface area contributed by atoms with E-state index in [-0.39, 0.29) is 6.10 Å². The first-order valence-corrected chi connectivity index (χ1v) is 11.6. The molecular formula is C25H37N5O2. The highest BCUT2D eigenvalue weighted by Gasteiger charge is 2.21. The molecule has 0 spiro atoms. The minimum Gasteiger partial charge on any atom is -0.473 e. The van der Waals surface area contributed by atoms with Crippen LogP contribution < -0.4 is 15.4 Å². The number of nitrogens with one attached hydrogen (secondary N) is 2. The van der Waals surface area contributed by atoms with Gasteiger partial charge in [-0.25, -0.2) is 9.98 Å². The Kier molecular flexibility index (Phi) is 9.78. The smallest absolute Gasteiger partial charge is 0.213 e. The Balaban J connectivity index is 1.51. The Labute approximate surface area is 192 Å². The lowest BCUT2D eigenvalue weighted by molar-refractivity contribution is -0.0284. The summed E-state index contributed by atoms with van der Waals surface area (Å²) in [5, 5.41) is 6.76. The summed E-state index contributed by atoms with van der Waals surface area (Å²) >= 11 is 0. The number of hydrogen-bond acceptors (Lipinski definition) is 5. The average molecular weight is 440 g/mol. The fourth-order valence-corrected chi connectivity index (χ4v) is 3.67. The number of hydrogen-bond donors (Lipinski definition) is 2. The summed E-state index contributed by atoms with van der Waals surface area (Å²) in [6.07, 6.45) is 1.94. The molecule has 1 fully saturated rings. The van der Waals surface area contributed by atoms with Crippen LogP contribution in [-0.2, 0) is 17.9 Å². The Bertz CT molecular complexity index is 828. The van der Waals surface area contributed by atoms with Crippen LogP contribution >= 0.6 is 0 Å². The molecule has 7 heteroatoms. The molecule has 0 saturated carbocycles. The lowest BCUT2D eigenvalue weighted by atomic mass is 10.2. The van der Waals surface area contributed by atoms with Gasteiger partial charge in [0.25, 0.3) is 0 Å². The van der Waals surface area contributed by atoms with E-state index in [0.717, 1.165) is 56.4 Å². The molecule has 174 valence electrons. The minimum atomic E-state index is 0.172. The van der Waals surface area contributed by atoms with E-state index < -0.39 is 0 Å². The zero-order valence-corrected chi connectivity index (χ0v) is 19.6. The molecule has 2 heterocycles. The Morgan fingerprint density at radius 1 is 1.22 bits per heavy atom. The van der Waals surface area contributed by atoms with E-state index in [0.29, 0.717) is 24.9 Å². The van der Waals surface area contributed by atoms with Gasteiger partial charge < -0.3 is 20.1 Å². The largest absolute Gasteiger partial charge is 0.473 e. The number of ether oxygens (including phenoxy) is 2. The molecule has 1 aromatic carbocycles. The third-order valence-corrected chi connectivity index (χ3v) is 5.14. The van der Waals surface area contributed by atoms with Crippen molar-refractivity contribution in [2.24, 2.45) is 10.9 Å². The van der Waals surface area contributed by atoms with Crippen LogP contribution in [0, 0.1) is 5.92 Å². The highest BCUT2D eigenvalue weighted by molar-refractivity contribution is 5.79. The first-order chi connectivity index (χ1) is 15.6. The fourth-order valence-electron chi connectivity index (χ4n) is 3.67. The van der Waals surface area contributed by atoms with E-state index >= 15 is 0 Å². The van der Waals surface area contributed by atoms with Gasteiger partial charge in [-0.15, -0.1) is 0 Å². The maximum absolute atomic E-state index is 5.95. The topological polar surface area (TPSA) is 71.0 Å². The van der Waals surface area contributed by atoms with Crippen LogP contribution in [0.3, 0.4) is 0 Å². The zero-order chi connectivity index (χ0) is 22.6. The lowest BCUT2D eigenvalue weighted by Crippen LogP contribution is -2.50. The Morgan fingerprint density at radius 3 is 2.84 bits per heavy atom. The van der Waals surface area contributed by atoms with Gasteiger partial charge in [0, 0.05) is 45.0 Å². The monoisotopic (exact) mass is 439 g/mol. The summed E-state index contributed by atoms with van der Waals surface area (Å²) in [7, 11) is 0. The Hall–Kier alpha value is -2.64. The molecular weight excluding hydrogens is 402 g/mol. The van der Waals surface area contributed by atoms with Crippen LogP contribution in [0.4, 0.5) is 0 Å². The first-order valence-electron chi connectivity index (χ1n) is 11.6. The average Bonchev–Trinajstić information content (AvgIpc) is 2.80. The van der Waals surface area contributed by atoms with Gasteiger partial charge in [0.1, 0.15) is 6.61 Å². The van der Waals surface area contributed by atoms with Crippen LogP contribution in [0.5, 0.6) is 5.88 Å². The molecule has 7 nitrogen and oxygen atoms in total. The molecule has 0 radical (unpaired) electrons. The SMILES string of the molecule is CCNC(=NCc1ccnc(OCc2ccccc2)c1)NCC1CN(CC(C)C)CCO1. The van der Waals surface area contributed by atoms with Crippen molar-refractivity contribution in [2.45, 2.75) is 40.0 Å². The second-order valence-corrected chi connectivity index (χ2v) is 8.50. The summed E-state index contributed by atoms with van der Waals surface area (Å²) < 4.78 is 11.8. The van der Waals surface area contributed by atoms with E-state index in [9.17, 15) is 0 Å². The number of benzene rings is 1. The highest BCUT2D eigenvalue weighted by Crippen LogP contribution is 2.13.